The molecule has 0 radical (unpaired) electrons. The lowest BCUT2D eigenvalue weighted by molar-refractivity contribution is -0.123. The molecule has 0 aromatic heterocycles. The van der Waals surface area contributed by atoms with Crippen LogP contribution in [0.5, 0.6) is 0 Å². The minimum atomic E-state index is -0.274. The van der Waals surface area contributed by atoms with E-state index in [4.69, 9.17) is 4.74 Å². The first-order valence-corrected chi connectivity index (χ1v) is 6.97. The van der Waals surface area contributed by atoms with Crippen LogP contribution in [0.1, 0.15) is 32.6 Å². The molecule has 0 saturated carbocycles. The van der Waals surface area contributed by atoms with Crippen LogP contribution in [0.3, 0.4) is 0 Å². The van der Waals surface area contributed by atoms with Crippen LogP contribution in [-0.2, 0) is 9.53 Å². The van der Waals surface area contributed by atoms with Gasteiger partial charge in [-0.2, -0.15) is 0 Å². The summed E-state index contributed by atoms with van der Waals surface area (Å²) in [6.45, 7) is 5.93. The van der Waals surface area contributed by atoms with E-state index < -0.39 is 0 Å². The van der Waals surface area contributed by atoms with Crippen LogP contribution in [0.15, 0.2) is 0 Å². The third kappa shape index (κ3) is 6.93. The van der Waals surface area contributed by atoms with Gasteiger partial charge in [0.25, 0.3) is 0 Å². The number of hydrogen-bond donors (Lipinski definition) is 2. The number of amides is 1. The normalized spacial score (nSPS) is 20.9. The highest BCUT2D eigenvalue weighted by Crippen LogP contribution is 2.08. The SMILES string of the molecule is CCCCOCCNC(=O)CN1CCCC(O)C1. The number of piperidine rings is 1. The van der Waals surface area contributed by atoms with Crippen molar-refractivity contribution in [2.24, 2.45) is 0 Å². The van der Waals surface area contributed by atoms with Gasteiger partial charge in [0.1, 0.15) is 0 Å². The lowest BCUT2D eigenvalue weighted by Crippen LogP contribution is -2.44. The second kappa shape index (κ2) is 9.30. The molecule has 1 heterocycles. The smallest absolute Gasteiger partial charge is 0.234 e. The van der Waals surface area contributed by atoms with Gasteiger partial charge in [0.2, 0.25) is 5.91 Å². The Kier molecular flexibility index (Phi) is 7.96. The van der Waals surface area contributed by atoms with E-state index in [9.17, 15) is 9.90 Å². The highest BCUT2D eigenvalue weighted by atomic mass is 16.5. The first-order valence-electron chi connectivity index (χ1n) is 6.97. The zero-order valence-corrected chi connectivity index (χ0v) is 11.4. The number of carbonyl (C=O) groups excluding carboxylic acids is 1. The molecule has 0 spiro atoms. The first-order chi connectivity index (χ1) is 8.72. The average Bonchev–Trinajstić information content (AvgIpc) is 2.33. The number of carbonyl (C=O) groups is 1. The van der Waals surface area contributed by atoms with Gasteiger partial charge in [0.15, 0.2) is 0 Å². The number of aliphatic hydroxyl groups is 1. The lowest BCUT2D eigenvalue weighted by atomic mass is 10.1. The molecule has 1 rings (SSSR count). The molecule has 1 unspecified atom stereocenters. The van der Waals surface area contributed by atoms with Crippen molar-refractivity contribution in [3.05, 3.63) is 0 Å². The number of rotatable bonds is 8. The Morgan fingerprint density at radius 3 is 3.06 bits per heavy atom. The van der Waals surface area contributed by atoms with Crippen molar-refractivity contribution >= 4 is 5.91 Å². The maximum atomic E-state index is 11.6. The lowest BCUT2D eigenvalue weighted by Gasteiger charge is -2.29. The predicted molar refractivity (Wildman–Crippen MR) is 70.4 cm³/mol. The molecule has 5 nitrogen and oxygen atoms in total. The molecule has 0 bridgehead atoms. The summed E-state index contributed by atoms with van der Waals surface area (Å²) in [6.07, 6.45) is 3.74. The second-order valence-electron chi connectivity index (χ2n) is 4.85. The van der Waals surface area contributed by atoms with Crippen LogP contribution in [0.2, 0.25) is 0 Å². The summed E-state index contributed by atoms with van der Waals surface area (Å²) < 4.78 is 5.36. The summed E-state index contributed by atoms with van der Waals surface area (Å²) in [5, 5.41) is 12.3. The van der Waals surface area contributed by atoms with Crippen molar-refractivity contribution in [2.45, 2.75) is 38.7 Å². The van der Waals surface area contributed by atoms with Gasteiger partial charge in [0.05, 0.1) is 19.3 Å². The molecule has 0 aliphatic carbocycles. The molecule has 0 aromatic carbocycles. The zero-order valence-electron chi connectivity index (χ0n) is 11.4. The minimum Gasteiger partial charge on any atom is -0.392 e. The second-order valence-corrected chi connectivity index (χ2v) is 4.85. The van der Waals surface area contributed by atoms with Gasteiger partial charge in [-0.1, -0.05) is 13.3 Å². The monoisotopic (exact) mass is 258 g/mol. The minimum absolute atomic E-state index is 0.0168. The predicted octanol–water partition coefficient (Wildman–Crippen LogP) is 0.376. The van der Waals surface area contributed by atoms with Crippen molar-refractivity contribution in [1.29, 1.82) is 0 Å². The Labute approximate surface area is 109 Å². The summed E-state index contributed by atoms with van der Waals surface area (Å²) >= 11 is 0. The van der Waals surface area contributed by atoms with Crippen LogP contribution in [-0.4, -0.2) is 61.4 Å². The molecule has 2 N–H and O–H groups in total. The summed E-state index contributed by atoms with van der Waals surface area (Å²) in [5.41, 5.74) is 0. The number of unbranched alkanes of at least 4 members (excludes halogenated alkanes) is 1. The molecule has 1 aliphatic heterocycles. The molecule has 1 aliphatic rings. The molecule has 1 fully saturated rings. The van der Waals surface area contributed by atoms with Gasteiger partial charge in [0, 0.05) is 19.7 Å². The number of ether oxygens (including phenoxy) is 1. The molecule has 1 amide bonds. The van der Waals surface area contributed by atoms with Gasteiger partial charge >= 0.3 is 0 Å². The Bertz CT molecular complexity index is 236. The summed E-state index contributed by atoms with van der Waals surface area (Å²) in [6, 6.07) is 0. The van der Waals surface area contributed by atoms with Crippen LogP contribution >= 0.6 is 0 Å². The maximum absolute atomic E-state index is 11.6. The van der Waals surface area contributed by atoms with E-state index in [1.807, 2.05) is 4.90 Å². The molecule has 5 heteroatoms. The number of aliphatic hydroxyl groups excluding tert-OH is 1. The summed E-state index contributed by atoms with van der Waals surface area (Å²) in [5.74, 6) is 0.0168. The fraction of sp³-hybridized carbons (Fsp3) is 0.923. The Morgan fingerprint density at radius 1 is 1.50 bits per heavy atom. The Balaban J connectivity index is 1.99. The van der Waals surface area contributed by atoms with E-state index in [1.165, 1.54) is 0 Å². The Hall–Kier alpha value is -0.650. The maximum Gasteiger partial charge on any atom is 0.234 e. The summed E-state index contributed by atoms with van der Waals surface area (Å²) in [7, 11) is 0. The van der Waals surface area contributed by atoms with Crippen molar-refractivity contribution in [2.75, 3.05) is 39.4 Å². The largest absolute Gasteiger partial charge is 0.392 e. The highest BCUT2D eigenvalue weighted by Gasteiger charge is 2.19. The first kappa shape index (κ1) is 15.4. The summed E-state index contributed by atoms with van der Waals surface area (Å²) in [4.78, 5) is 13.6. The van der Waals surface area contributed by atoms with Crippen LogP contribution in [0.4, 0.5) is 0 Å². The number of β-amino-alcohol motifs (C(OH)–C–C–N with tert-alkyl or cyclic N) is 1. The number of hydrogen-bond acceptors (Lipinski definition) is 4. The van der Waals surface area contributed by atoms with E-state index in [0.29, 0.717) is 26.2 Å². The van der Waals surface area contributed by atoms with Crippen molar-refractivity contribution in [1.82, 2.24) is 10.2 Å². The van der Waals surface area contributed by atoms with Gasteiger partial charge in [-0.3, -0.25) is 9.69 Å². The molecule has 18 heavy (non-hydrogen) atoms. The van der Waals surface area contributed by atoms with Crippen molar-refractivity contribution < 1.29 is 14.6 Å². The van der Waals surface area contributed by atoms with Gasteiger partial charge in [-0.15, -0.1) is 0 Å². The number of likely N-dealkylation sites (tertiary alicyclic amines) is 1. The van der Waals surface area contributed by atoms with Gasteiger partial charge in [-0.05, 0) is 25.8 Å². The fourth-order valence-corrected chi connectivity index (χ4v) is 2.04. The fourth-order valence-electron chi connectivity index (χ4n) is 2.04. The third-order valence-electron chi connectivity index (χ3n) is 3.06. The van der Waals surface area contributed by atoms with Crippen molar-refractivity contribution in [3.63, 3.8) is 0 Å². The zero-order chi connectivity index (χ0) is 13.2. The van der Waals surface area contributed by atoms with Crippen LogP contribution < -0.4 is 5.32 Å². The van der Waals surface area contributed by atoms with E-state index >= 15 is 0 Å². The molecular formula is C13H26N2O3. The molecule has 0 aromatic rings. The van der Waals surface area contributed by atoms with Crippen LogP contribution in [0.25, 0.3) is 0 Å². The molecule has 1 saturated heterocycles. The average molecular weight is 258 g/mol. The Morgan fingerprint density at radius 2 is 2.33 bits per heavy atom. The standard InChI is InChI=1S/C13H26N2O3/c1-2-3-8-18-9-6-14-13(17)11-15-7-4-5-12(16)10-15/h12,16H,2-11H2,1H3,(H,14,17). The van der Waals surface area contributed by atoms with Crippen LogP contribution in [0, 0.1) is 0 Å². The van der Waals surface area contributed by atoms with Gasteiger partial charge in [-0.25, -0.2) is 0 Å². The molecule has 106 valence electrons. The third-order valence-corrected chi connectivity index (χ3v) is 3.06. The van der Waals surface area contributed by atoms with E-state index in [-0.39, 0.29) is 12.0 Å². The van der Waals surface area contributed by atoms with E-state index in [0.717, 1.165) is 38.8 Å². The quantitative estimate of drug-likeness (QED) is 0.618. The highest BCUT2D eigenvalue weighted by molar-refractivity contribution is 5.77. The van der Waals surface area contributed by atoms with Gasteiger partial charge < -0.3 is 15.2 Å². The molecular weight excluding hydrogens is 232 g/mol. The van der Waals surface area contributed by atoms with E-state index in [1.54, 1.807) is 0 Å². The van der Waals surface area contributed by atoms with Crippen molar-refractivity contribution in [3.8, 4) is 0 Å². The molecule has 1 atom stereocenters. The van der Waals surface area contributed by atoms with E-state index in [2.05, 4.69) is 12.2 Å². The number of nitrogens with zero attached hydrogens (tertiary/aromatic N) is 1. The number of nitrogens with one attached hydrogen (secondary N) is 1. The topological polar surface area (TPSA) is 61.8 Å².